The molecule has 0 saturated heterocycles. The SMILES string of the molecule is CN=C(NCc1ccc([N+](=O)[O-])cc1)NC(C)CCS(C)(=O)=O.I. The number of aliphatic imine (C=N–C) groups is 1. The molecule has 0 aliphatic rings. The van der Waals surface area contributed by atoms with Crippen molar-refractivity contribution in [2.24, 2.45) is 4.99 Å². The van der Waals surface area contributed by atoms with Crippen LogP contribution in [0.15, 0.2) is 29.3 Å². The van der Waals surface area contributed by atoms with E-state index in [1.165, 1.54) is 18.4 Å². The smallest absolute Gasteiger partial charge is 0.269 e. The van der Waals surface area contributed by atoms with Crippen LogP contribution in [0.1, 0.15) is 18.9 Å². The van der Waals surface area contributed by atoms with Crippen LogP contribution in [0.4, 0.5) is 5.69 Å². The van der Waals surface area contributed by atoms with Crippen molar-refractivity contribution in [3.8, 4) is 0 Å². The summed E-state index contributed by atoms with van der Waals surface area (Å²) in [4.78, 5) is 14.2. The molecule has 0 spiro atoms. The van der Waals surface area contributed by atoms with Gasteiger partial charge in [0.1, 0.15) is 9.84 Å². The highest BCUT2D eigenvalue weighted by atomic mass is 127. The number of hydrogen-bond acceptors (Lipinski definition) is 5. The Morgan fingerprint density at radius 2 is 1.92 bits per heavy atom. The van der Waals surface area contributed by atoms with Crippen LogP contribution in [0, 0.1) is 10.1 Å². The first-order chi connectivity index (χ1) is 10.7. The molecule has 136 valence electrons. The van der Waals surface area contributed by atoms with E-state index in [4.69, 9.17) is 0 Å². The number of rotatable bonds is 7. The molecule has 0 fully saturated rings. The van der Waals surface area contributed by atoms with Gasteiger partial charge in [0, 0.05) is 38.0 Å². The molecule has 1 rings (SSSR count). The number of halogens is 1. The van der Waals surface area contributed by atoms with Gasteiger partial charge in [-0.25, -0.2) is 8.42 Å². The Balaban J connectivity index is 0.00000529. The van der Waals surface area contributed by atoms with Gasteiger partial charge in [-0.2, -0.15) is 0 Å². The second-order valence-corrected chi connectivity index (χ2v) is 7.57. The van der Waals surface area contributed by atoms with Crippen LogP contribution in [0.25, 0.3) is 0 Å². The molecule has 0 saturated carbocycles. The minimum absolute atomic E-state index is 0. The van der Waals surface area contributed by atoms with Crippen LogP contribution in [-0.4, -0.2) is 44.4 Å². The van der Waals surface area contributed by atoms with E-state index in [9.17, 15) is 18.5 Å². The summed E-state index contributed by atoms with van der Waals surface area (Å²) in [6.07, 6.45) is 1.69. The molecular weight excluding hydrogens is 447 g/mol. The highest BCUT2D eigenvalue weighted by Crippen LogP contribution is 2.11. The molecule has 1 aromatic rings. The number of nitrogens with zero attached hydrogens (tertiary/aromatic N) is 2. The number of guanidine groups is 1. The number of nitro groups is 1. The molecule has 8 nitrogen and oxygen atoms in total. The summed E-state index contributed by atoms with van der Waals surface area (Å²) in [6.45, 7) is 2.33. The molecule has 1 unspecified atom stereocenters. The second kappa shape index (κ2) is 10.4. The average molecular weight is 470 g/mol. The molecule has 0 heterocycles. The third kappa shape index (κ3) is 9.01. The summed E-state index contributed by atoms with van der Waals surface area (Å²) in [6, 6.07) is 6.19. The topological polar surface area (TPSA) is 114 Å². The van der Waals surface area contributed by atoms with Crippen molar-refractivity contribution < 1.29 is 13.3 Å². The fourth-order valence-electron chi connectivity index (χ4n) is 1.81. The number of nitro benzene ring substituents is 1. The first-order valence-electron chi connectivity index (χ1n) is 7.09. The zero-order valence-electron chi connectivity index (χ0n) is 13.9. The van der Waals surface area contributed by atoms with Gasteiger partial charge in [0.25, 0.3) is 5.69 Å². The second-order valence-electron chi connectivity index (χ2n) is 5.31. The lowest BCUT2D eigenvalue weighted by atomic mass is 10.2. The highest BCUT2D eigenvalue weighted by molar-refractivity contribution is 14.0. The van der Waals surface area contributed by atoms with E-state index >= 15 is 0 Å². The van der Waals surface area contributed by atoms with E-state index in [0.717, 1.165) is 5.56 Å². The lowest BCUT2D eigenvalue weighted by Gasteiger charge is -2.17. The summed E-state index contributed by atoms with van der Waals surface area (Å²) in [5.41, 5.74) is 0.924. The quantitative estimate of drug-likeness (QED) is 0.206. The van der Waals surface area contributed by atoms with Crippen LogP contribution < -0.4 is 10.6 Å². The Hall–Kier alpha value is -1.43. The molecule has 0 radical (unpaired) electrons. The number of benzene rings is 1. The number of hydrogen-bond donors (Lipinski definition) is 2. The van der Waals surface area contributed by atoms with Crippen molar-refractivity contribution in [2.75, 3.05) is 19.1 Å². The maximum absolute atomic E-state index is 11.2. The van der Waals surface area contributed by atoms with Crippen LogP contribution in [0.5, 0.6) is 0 Å². The van der Waals surface area contributed by atoms with Crippen LogP contribution >= 0.6 is 24.0 Å². The van der Waals surface area contributed by atoms with Gasteiger partial charge in [-0.15, -0.1) is 24.0 Å². The average Bonchev–Trinajstić information content (AvgIpc) is 2.49. The van der Waals surface area contributed by atoms with E-state index in [1.54, 1.807) is 19.2 Å². The molecule has 0 aliphatic carbocycles. The largest absolute Gasteiger partial charge is 0.354 e. The molecule has 0 amide bonds. The van der Waals surface area contributed by atoms with E-state index in [0.29, 0.717) is 18.9 Å². The Kier molecular flexibility index (Phi) is 9.82. The fraction of sp³-hybridized carbons (Fsp3) is 0.500. The van der Waals surface area contributed by atoms with Crippen molar-refractivity contribution in [3.05, 3.63) is 39.9 Å². The van der Waals surface area contributed by atoms with Crippen molar-refractivity contribution >= 4 is 45.5 Å². The maximum Gasteiger partial charge on any atom is 0.269 e. The molecule has 0 aliphatic heterocycles. The standard InChI is InChI=1S/C14H22N4O4S.HI/c1-11(8-9-23(3,21)22)17-14(15-2)16-10-12-4-6-13(7-5-12)18(19)20;/h4-7,11H,8-10H2,1-3H3,(H2,15,16,17);1H. The third-order valence-electron chi connectivity index (χ3n) is 3.14. The lowest BCUT2D eigenvalue weighted by molar-refractivity contribution is -0.384. The Bertz CT molecular complexity index is 662. The predicted octanol–water partition coefficient (Wildman–Crippen LogP) is 1.70. The lowest BCUT2D eigenvalue weighted by Crippen LogP contribution is -2.42. The van der Waals surface area contributed by atoms with E-state index in [-0.39, 0.29) is 41.5 Å². The van der Waals surface area contributed by atoms with Crippen molar-refractivity contribution in [1.29, 1.82) is 0 Å². The molecule has 1 atom stereocenters. The van der Waals surface area contributed by atoms with Gasteiger partial charge < -0.3 is 10.6 Å². The molecular formula is C14H23IN4O4S. The molecule has 1 aromatic carbocycles. The highest BCUT2D eigenvalue weighted by Gasteiger charge is 2.10. The summed E-state index contributed by atoms with van der Waals surface area (Å²) in [7, 11) is -1.36. The summed E-state index contributed by atoms with van der Waals surface area (Å²) < 4.78 is 22.3. The maximum atomic E-state index is 11.2. The fourth-order valence-corrected chi connectivity index (χ4v) is 2.59. The first kappa shape index (κ1) is 22.6. The molecule has 10 heteroatoms. The Labute approximate surface area is 159 Å². The Morgan fingerprint density at radius 1 is 1.33 bits per heavy atom. The van der Waals surface area contributed by atoms with Gasteiger partial charge >= 0.3 is 0 Å². The monoisotopic (exact) mass is 470 g/mol. The van der Waals surface area contributed by atoms with Crippen LogP contribution in [0.3, 0.4) is 0 Å². The number of sulfone groups is 1. The van der Waals surface area contributed by atoms with Gasteiger partial charge in [-0.3, -0.25) is 15.1 Å². The van der Waals surface area contributed by atoms with Crippen molar-refractivity contribution in [3.63, 3.8) is 0 Å². The summed E-state index contributed by atoms with van der Waals surface area (Å²) >= 11 is 0. The molecule has 0 bridgehead atoms. The normalized spacial score (nSPS) is 12.9. The zero-order chi connectivity index (χ0) is 17.5. The van der Waals surface area contributed by atoms with Crippen molar-refractivity contribution in [2.45, 2.75) is 25.9 Å². The zero-order valence-corrected chi connectivity index (χ0v) is 17.0. The van der Waals surface area contributed by atoms with Gasteiger partial charge in [0.2, 0.25) is 0 Å². The van der Waals surface area contributed by atoms with Gasteiger partial charge in [-0.1, -0.05) is 12.1 Å². The van der Waals surface area contributed by atoms with Gasteiger partial charge in [0.15, 0.2) is 5.96 Å². The van der Waals surface area contributed by atoms with Crippen LogP contribution in [-0.2, 0) is 16.4 Å². The van der Waals surface area contributed by atoms with E-state index in [2.05, 4.69) is 15.6 Å². The third-order valence-corrected chi connectivity index (χ3v) is 4.11. The van der Waals surface area contributed by atoms with E-state index < -0.39 is 14.8 Å². The minimum Gasteiger partial charge on any atom is -0.354 e. The summed E-state index contributed by atoms with van der Waals surface area (Å²) in [5, 5.41) is 16.8. The predicted molar refractivity (Wildman–Crippen MR) is 106 cm³/mol. The first-order valence-corrected chi connectivity index (χ1v) is 9.15. The number of non-ortho nitro benzene ring substituents is 1. The molecule has 24 heavy (non-hydrogen) atoms. The molecule has 2 N–H and O–H groups in total. The van der Waals surface area contributed by atoms with Crippen LogP contribution in [0.2, 0.25) is 0 Å². The van der Waals surface area contributed by atoms with Gasteiger partial charge in [0.05, 0.1) is 10.7 Å². The summed E-state index contributed by atoms with van der Waals surface area (Å²) in [5.74, 6) is 0.657. The number of nitrogens with one attached hydrogen (secondary N) is 2. The minimum atomic E-state index is -2.98. The van der Waals surface area contributed by atoms with E-state index in [1.807, 2.05) is 6.92 Å². The van der Waals surface area contributed by atoms with Crippen molar-refractivity contribution in [1.82, 2.24) is 10.6 Å². The Morgan fingerprint density at radius 3 is 2.38 bits per heavy atom. The van der Waals surface area contributed by atoms with Gasteiger partial charge in [-0.05, 0) is 18.9 Å². The molecule has 0 aromatic heterocycles.